The molecule has 0 aliphatic heterocycles. The summed E-state index contributed by atoms with van der Waals surface area (Å²) in [6.07, 6.45) is 7.86. The van der Waals surface area contributed by atoms with Gasteiger partial charge in [0.05, 0.1) is 11.6 Å². The average molecular weight is 310 g/mol. The Morgan fingerprint density at radius 2 is 2.22 bits per heavy atom. The van der Waals surface area contributed by atoms with Crippen LogP contribution in [-0.4, -0.2) is 25.7 Å². The van der Waals surface area contributed by atoms with E-state index in [4.69, 9.17) is 5.26 Å². The predicted molar refractivity (Wildman–Crippen MR) is 82.4 cm³/mol. The third kappa shape index (κ3) is 3.21. The second-order valence-corrected chi connectivity index (χ2v) is 5.77. The third-order valence-corrected chi connectivity index (χ3v) is 4.19. The fraction of sp³-hybridized carbons (Fsp3) is 0.438. The largest absolute Gasteiger partial charge is 0.342 e. The number of nitrogens with one attached hydrogen (secondary N) is 1. The van der Waals surface area contributed by atoms with Crippen molar-refractivity contribution in [3.63, 3.8) is 0 Å². The molecule has 3 rings (SSSR count). The van der Waals surface area contributed by atoms with Crippen LogP contribution in [0.4, 0.5) is 0 Å². The van der Waals surface area contributed by atoms with Gasteiger partial charge in [0.15, 0.2) is 5.82 Å². The molecule has 0 unspecified atom stereocenters. The molecule has 7 nitrogen and oxygen atoms in total. The summed E-state index contributed by atoms with van der Waals surface area (Å²) >= 11 is 0. The molecule has 1 N–H and O–H groups in total. The van der Waals surface area contributed by atoms with E-state index in [1.54, 1.807) is 12.4 Å². The van der Waals surface area contributed by atoms with Gasteiger partial charge in [0.2, 0.25) is 0 Å². The molecule has 0 saturated heterocycles. The Bertz CT molecular complexity index is 724. The molecule has 0 aromatic carbocycles. The van der Waals surface area contributed by atoms with Gasteiger partial charge in [-0.25, -0.2) is 4.98 Å². The Morgan fingerprint density at radius 1 is 1.43 bits per heavy atom. The maximum atomic E-state index is 12.3. The van der Waals surface area contributed by atoms with E-state index in [2.05, 4.69) is 25.1 Å². The lowest BCUT2D eigenvalue weighted by Gasteiger charge is -2.18. The first-order valence-corrected chi connectivity index (χ1v) is 7.75. The molecule has 1 aliphatic rings. The number of nitriles is 1. The fourth-order valence-corrected chi connectivity index (χ4v) is 2.96. The van der Waals surface area contributed by atoms with Gasteiger partial charge in [-0.15, -0.1) is 10.2 Å². The van der Waals surface area contributed by atoms with Gasteiger partial charge in [-0.05, 0) is 31.9 Å². The summed E-state index contributed by atoms with van der Waals surface area (Å²) in [5.74, 6) is 0.530. The minimum Gasteiger partial charge on any atom is -0.342 e. The zero-order valence-electron chi connectivity index (χ0n) is 12.9. The summed E-state index contributed by atoms with van der Waals surface area (Å²) in [6.45, 7) is 1.89. The van der Waals surface area contributed by atoms with Gasteiger partial charge in [0, 0.05) is 12.2 Å². The van der Waals surface area contributed by atoms with Crippen molar-refractivity contribution in [2.75, 3.05) is 0 Å². The fourth-order valence-electron chi connectivity index (χ4n) is 2.96. The van der Waals surface area contributed by atoms with E-state index in [9.17, 15) is 4.79 Å². The number of rotatable bonds is 4. The van der Waals surface area contributed by atoms with Gasteiger partial charge >= 0.3 is 0 Å². The van der Waals surface area contributed by atoms with E-state index in [0.717, 1.165) is 18.7 Å². The molecular weight excluding hydrogens is 292 g/mol. The highest BCUT2D eigenvalue weighted by molar-refractivity contribution is 5.94. The predicted octanol–water partition coefficient (Wildman–Crippen LogP) is 2.15. The third-order valence-electron chi connectivity index (χ3n) is 4.19. The van der Waals surface area contributed by atoms with Crippen molar-refractivity contribution in [3.05, 3.63) is 41.7 Å². The number of amides is 1. The lowest BCUT2D eigenvalue weighted by atomic mass is 10.2. The lowest BCUT2D eigenvalue weighted by Crippen LogP contribution is -2.29. The summed E-state index contributed by atoms with van der Waals surface area (Å²) < 4.78 is 2.08. The first-order chi connectivity index (χ1) is 11.2. The van der Waals surface area contributed by atoms with Crippen molar-refractivity contribution in [2.24, 2.45) is 0 Å². The molecule has 1 saturated carbocycles. The number of nitrogens with zero attached hydrogens (tertiary/aromatic N) is 5. The summed E-state index contributed by atoms with van der Waals surface area (Å²) in [5.41, 5.74) is 0.707. The van der Waals surface area contributed by atoms with Crippen LogP contribution in [0.5, 0.6) is 0 Å². The number of carbonyl (C=O) groups excluding carboxylic acids is 1. The van der Waals surface area contributed by atoms with Crippen molar-refractivity contribution in [3.8, 4) is 6.07 Å². The van der Waals surface area contributed by atoms with Crippen LogP contribution in [-0.2, 0) is 0 Å². The Kier molecular flexibility index (Phi) is 4.33. The molecule has 2 aromatic rings. The molecule has 1 amide bonds. The van der Waals surface area contributed by atoms with Crippen LogP contribution in [0.1, 0.15) is 66.6 Å². The van der Waals surface area contributed by atoms with Crippen LogP contribution in [0.15, 0.2) is 24.7 Å². The molecule has 0 spiro atoms. The van der Waals surface area contributed by atoms with E-state index >= 15 is 0 Å². The van der Waals surface area contributed by atoms with E-state index in [1.807, 2.05) is 13.0 Å². The zero-order chi connectivity index (χ0) is 16.2. The van der Waals surface area contributed by atoms with Crippen LogP contribution in [0.25, 0.3) is 0 Å². The first kappa shape index (κ1) is 15.2. The topological polar surface area (TPSA) is 96.5 Å². The molecule has 1 fully saturated rings. The number of pyridine rings is 1. The molecule has 23 heavy (non-hydrogen) atoms. The molecule has 118 valence electrons. The second kappa shape index (κ2) is 6.57. The highest BCUT2D eigenvalue weighted by Gasteiger charge is 2.23. The van der Waals surface area contributed by atoms with Gasteiger partial charge in [0.1, 0.15) is 18.1 Å². The smallest absolute Gasteiger partial charge is 0.253 e. The SMILES string of the molecule is C[C@H](NC(=O)c1ccc(C#N)nc1)c1nncn1C1CCCC1. The van der Waals surface area contributed by atoms with E-state index in [1.165, 1.54) is 25.1 Å². The maximum absolute atomic E-state index is 12.3. The number of hydrogen-bond acceptors (Lipinski definition) is 5. The van der Waals surface area contributed by atoms with Crippen LogP contribution < -0.4 is 5.32 Å². The van der Waals surface area contributed by atoms with Crippen molar-refractivity contribution in [1.82, 2.24) is 25.1 Å². The minimum absolute atomic E-state index is 0.240. The highest BCUT2D eigenvalue weighted by Crippen LogP contribution is 2.31. The lowest BCUT2D eigenvalue weighted by molar-refractivity contribution is 0.0937. The van der Waals surface area contributed by atoms with Crippen molar-refractivity contribution < 1.29 is 4.79 Å². The van der Waals surface area contributed by atoms with Crippen LogP contribution >= 0.6 is 0 Å². The Balaban J connectivity index is 1.71. The zero-order valence-corrected chi connectivity index (χ0v) is 12.9. The Labute approximate surface area is 134 Å². The molecule has 1 atom stereocenters. The summed E-state index contributed by atoms with van der Waals surface area (Å²) in [4.78, 5) is 16.2. The van der Waals surface area contributed by atoms with Crippen molar-refractivity contribution in [1.29, 1.82) is 5.26 Å². The maximum Gasteiger partial charge on any atom is 0.253 e. The molecule has 2 aromatic heterocycles. The second-order valence-electron chi connectivity index (χ2n) is 5.77. The monoisotopic (exact) mass is 310 g/mol. The molecule has 0 radical (unpaired) electrons. The number of carbonyl (C=O) groups is 1. The van der Waals surface area contributed by atoms with Gasteiger partial charge in [-0.3, -0.25) is 4.79 Å². The molecule has 1 aliphatic carbocycles. The van der Waals surface area contributed by atoms with Gasteiger partial charge in [-0.2, -0.15) is 5.26 Å². The van der Waals surface area contributed by atoms with E-state index < -0.39 is 0 Å². The van der Waals surface area contributed by atoms with Gasteiger partial charge < -0.3 is 9.88 Å². The van der Waals surface area contributed by atoms with E-state index in [-0.39, 0.29) is 17.6 Å². The quantitative estimate of drug-likeness (QED) is 0.933. The van der Waals surface area contributed by atoms with E-state index in [0.29, 0.717) is 11.6 Å². The first-order valence-electron chi connectivity index (χ1n) is 7.75. The summed E-state index contributed by atoms with van der Waals surface area (Å²) in [7, 11) is 0. The van der Waals surface area contributed by atoms with Crippen molar-refractivity contribution in [2.45, 2.75) is 44.7 Å². The number of aromatic nitrogens is 4. The van der Waals surface area contributed by atoms with Gasteiger partial charge in [-0.1, -0.05) is 12.8 Å². The van der Waals surface area contributed by atoms with Gasteiger partial charge in [0.25, 0.3) is 5.91 Å². The average Bonchev–Trinajstić information content (AvgIpc) is 3.25. The summed E-state index contributed by atoms with van der Waals surface area (Å²) in [5, 5.41) is 19.8. The van der Waals surface area contributed by atoms with Crippen molar-refractivity contribution >= 4 is 5.91 Å². The standard InChI is InChI=1S/C16H18N6O/c1-11(15-21-19-10-22(15)14-4-2-3-5-14)20-16(23)12-6-7-13(8-17)18-9-12/h6-7,9-11,14H,2-5H2,1H3,(H,20,23)/t11-/m0/s1. The normalized spacial score (nSPS) is 16.0. The molecule has 2 heterocycles. The summed E-state index contributed by atoms with van der Waals surface area (Å²) in [6, 6.07) is 5.23. The molecule has 7 heteroatoms. The van der Waals surface area contributed by atoms with Crippen LogP contribution in [0, 0.1) is 11.3 Å². The van der Waals surface area contributed by atoms with Crippen LogP contribution in [0.3, 0.4) is 0 Å². The highest BCUT2D eigenvalue weighted by atomic mass is 16.1. The number of hydrogen-bond donors (Lipinski definition) is 1. The Morgan fingerprint density at radius 3 is 2.87 bits per heavy atom. The molecular formula is C16H18N6O. The Hall–Kier alpha value is -2.75. The van der Waals surface area contributed by atoms with Crippen LogP contribution in [0.2, 0.25) is 0 Å². The minimum atomic E-state index is -0.249. The molecule has 0 bridgehead atoms.